The van der Waals surface area contributed by atoms with E-state index in [-0.39, 0.29) is 6.10 Å². The summed E-state index contributed by atoms with van der Waals surface area (Å²) in [5, 5.41) is 10.1. The van der Waals surface area contributed by atoms with Gasteiger partial charge in [-0.2, -0.15) is 0 Å². The number of hydrogen-bond acceptors (Lipinski definition) is 1. The lowest BCUT2D eigenvalue weighted by Gasteiger charge is -2.51. The van der Waals surface area contributed by atoms with Crippen LogP contribution in [-0.2, 0) is 0 Å². The highest BCUT2D eigenvalue weighted by atomic mass is 16.3. The summed E-state index contributed by atoms with van der Waals surface area (Å²) in [4.78, 5) is 0. The van der Waals surface area contributed by atoms with E-state index in [0.717, 1.165) is 24.7 Å². The first-order valence-corrected chi connectivity index (χ1v) is 11.0. The van der Waals surface area contributed by atoms with E-state index in [4.69, 9.17) is 0 Å². The summed E-state index contributed by atoms with van der Waals surface area (Å²) in [7, 11) is 0. The molecule has 0 aromatic heterocycles. The second-order valence-corrected chi connectivity index (χ2v) is 9.05. The van der Waals surface area contributed by atoms with Crippen molar-refractivity contribution in [2.75, 3.05) is 0 Å². The highest BCUT2D eigenvalue weighted by Gasteiger charge is 2.46. The molecule has 134 valence electrons. The molecule has 0 spiro atoms. The van der Waals surface area contributed by atoms with E-state index < -0.39 is 0 Å². The number of rotatable bonds is 2. The van der Waals surface area contributed by atoms with Gasteiger partial charge in [-0.1, -0.05) is 64.2 Å². The Morgan fingerprint density at radius 2 is 0.826 bits per heavy atom. The van der Waals surface area contributed by atoms with Crippen LogP contribution in [0.25, 0.3) is 0 Å². The van der Waals surface area contributed by atoms with Crippen molar-refractivity contribution in [1.29, 1.82) is 0 Å². The van der Waals surface area contributed by atoms with Gasteiger partial charge in [0.15, 0.2) is 0 Å². The molecule has 1 nitrogen and oxygen atoms in total. The summed E-state index contributed by atoms with van der Waals surface area (Å²) in [5.41, 5.74) is 0.605. The molecule has 0 heterocycles. The van der Waals surface area contributed by atoms with Crippen molar-refractivity contribution in [3.05, 3.63) is 0 Å². The molecule has 0 amide bonds. The molecular weight excluding hydrogens is 280 g/mol. The van der Waals surface area contributed by atoms with Gasteiger partial charge in [0.25, 0.3) is 0 Å². The molecule has 3 fully saturated rings. The van der Waals surface area contributed by atoms with Crippen molar-refractivity contribution >= 4 is 0 Å². The molecule has 0 saturated heterocycles. The van der Waals surface area contributed by atoms with Crippen LogP contribution in [-0.4, -0.2) is 11.2 Å². The van der Waals surface area contributed by atoms with Crippen LogP contribution < -0.4 is 0 Å². The molecule has 3 aliphatic rings. The molecule has 23 heavy (non-hydrogen) atoms. The summed E-state index contributed by atoms with van der Waals surface area (Å²) in [5.74, 6) is 1.94. The second kappa shape index (κ2) is 8.88. The second-order valence-electron chi connectivity index (χ2n) is 9.05. The average molecular weight is 321 g/mol. The van der Waals surface area contributed by atoms with E-state index in [9.17, 15) is 5.11 Å². The summed E-state index contributed by atoms with van der Waals surface area (Å²) in [6.07, 6.45) is 25.6. The third-order valence-electron chi connectivity index (χ3n) is 7.72. The van der Waals surface area contributed by atoms with Gasteiger partial charge in [-0.3, -0.25) is 0 Å². The molecular formula is C22H40O. The van der Waals surface area contributed by atoms with E-state index in [2.05, 4.69) is 0 Å². The predicted octanol–water partition coefficient (Wildman–Crippen LogP) is 6.63. The van der Waals surface area contributed by atoms with Gasteiger partial charge in [-0.15, -0.1) is 0 Å². The minimum atomic E-state index is 0.00485. The van der Waals surface area contributed by atoms with E-state index >= 15 is 0 Å². The minimum absolute atomic E-state index is 0.00485. The Balaban J connectivity index is 1.76. The van der Waals surface area contributed by atoms with Crippen LogP contribution in [0.3, 0.4) is 0 Å². The van der Waals surface area contributed by atoms with Crippen molar-refractivity contribution in [2.24, 2.45) is 17.3 Å². The Labute approximate surface area is 144 Å². The largest absolute Gasteiger partial charge is 0.393 e. The predicted molar refractivity (Wildman–Crippen MR) is 98.5 cm³/mol. The van der Waals surface area contributed by atoms with Crippen LogP contribution in [0.5, 0.6) is 0 Å². The van der Waals surface area contributed by atoms with Crippen LogP contribution in [0.4, 0.5) is 0 Å². The molecule has 0 bridgehead atoms. The van der Waals surface area contributed by atoms with E-state index in [1.807, 2.05) is 0 Å². The van der Waals surface area contributed by atoms with Crippen LogP contribution in [0, 0.1) is 17.3 Å². The standard InChI is InChI=1S/C22H40O/c23-21-15-17-22(18-16-21,19-11-7-3-1-4-8-12-19)20-13-9-5-2-6-10-14-20/h19-21,23H,1-18H2. The van der Waals surface area contributed by atoms with Crippen LogP contribution in [0.2, 0.25) is 0 Å². The van der Waals surface area contributed by atoms with Crippen molar-refractivity contribution < 1.29 is 5.11 Å². The first-order valence-electron chi connectivity index (χ1n) is 11.0. The van der Waals surface area contributed by atoms with Gasteiger partial charge >= 0.3 is 0 Å². The topological polar surface area (TPSA) is 20.2 Å². The van der Waals surface area contributed by atoms with Crippen molar-refractivity contribution in [3.63, 3.8) is 0 Å². The number of aliphatic hydroxyl groups is 1. The maximum Gasteiger partial charge on any atom is 0.0540 e. The average Bonchev–Trinajstić information content (AvgIpc) is 2.48. The van der Waals surface area contributed by atoms with Gasteiger partial charge in [-0.25, -0.2) is 0 Å². The number of aliphatic hydroxyl groups excluding tert-OH is 1. The quantitative estimate of drug-likeness (QED) is 0.605. The molecule has 3 rings (SSSR count). The Hall–Kier alpha value is -0.0400. The normalized spacial score (nSPS) is 30.1. The highest BCUT2D eigenvalue weighted by Crippen LogP contribution is 2.55. The van der Waals surface area contributed by atoms with Gasteiger partial charge in [0.1, 0.15) is 0 Å². The molecule has 0 unspecified atom stereocenters. The van der Waals surface area contributed by atoms with Crippen LogP contribution in [0.1, 0.15) is 116 Å². The fourth-order valence-electron chi connectivity index (χ4n) is 6.35. The maximum atomic E-state index is 10.1. The zero-order valence-corrected chi connectivity index (χ0v) is 15.4. The number of hydrogen-bond donors (Lipinski definition) is 1. The summed E-state index contributed by atoms with van der Waals surface area (Å²) in [6, 6.07) is 0. The Morgan fingerprint density at radius 3 is 1.22 bits per heavy atom. The third kappa shape index (κ3) is 4.53. The summed E-state index contributed by atoms with van der Waals surface area (Å²) < 4.78 is 0. The molecule has 0 aromatic carbocycles. The molecule has 0 aromatic rings. The lowest BCUT2D eigenvalue weighted by Crippen LogP contribution is -2.43. The molecule has 0 aliphatic heterocycles. The minimum Gasteiger partial charge on any atom is -0.393 e. The first kappa shape index (κ1) is 17.8. The van der Waals surface area contributed by atoms with Crippen LogP contribution >= 0.6 is 0 Å². The third-order valence-corrected chi connectivity index (χ3v) is 7.72. The van der Waals surface area contributed by atoms with Gasteiger partial charge in [-0.05, 0) is 68.6 Å². The SMILES string of the molecule is OC1CCC(C2CCCCCCC2)(C2CCCCCCC2)CC1. The summed E-state index contributed by atoms with van der Waals surface area (Å²) >= 11 is 0. The van der Waals surface area contributed by atoms with Gasteiger partial charge in [0.05, 0.1) is 6.10 Å². The fraction of sp³-hybridized carbons (Fsp3) is 1.00. The lowest BCUT2D eigenvalue weighted by atomic mass is 9.54. The molecule has 1 N–H and O–H groups in total. The van der Waals surface area contributed by atoms with Crippen LogP contribution in [0.15, 0.2) is 0 Å². The maximum absolute atomic E-state index is 10.1. The first-order chi connectivity index (χ1) is 11.3. The van der Waals surface area contributed by atoms with E-state index in [1.54, 1.807) is 0 Å². The Bertz CT molecular complexity index is 289. The molecule has 0 radical (unpaired) electrons. The lowest BCUT2D eigenvalue weighted by molar-refractivity contribution is -0.0374. The van der Waals surface area contributed by atoms with Crippen molar-refractivity contribution in [2.45, 2.75) is 122 Å². The van der Waals surface area contributed by atoms with Crippen molar-refractivity contribution in [3.8, 4) is 0 Å². The van der Waals surface area contributed by atoms with Crippen molar-refractivity contribution in [1.82, 2.24) is 0 Å². The van der Waals surface area contributed by atoms with E-state index in [0.29, 0.717) is 5.41 Å². The highest BCUT2D eigenvalue weighted by molar-refractivity contribution is 4.96. The molecule has 0 atom stereocenters. The molecule has 1 heteroatoms. The smallest absolute Gasteiger partial charge is 0.0540 e. The van der Waals surface area contributed by atoms with Gasteiger partial charge in [0.2, 0.25) is 0 Å². The zero-order chi connectivity index (χ0) is 16.0. The van der Waals surface area contributed by atoms with E-state index in [1.165, 1.54) is 103 Å². The summed E-state index contributed by atoms with van der Waals surface area (Å²) in [6.45, 7) is 0. The fourth-order valence-corrected chi connectivity index (χ4v) is 6.35. The van der Waals surface area contributed by atoms with Gasteiger partial charge in [0, 0.05) is 0 Å². The Kier molecular flexibility index (Phi) is 6.86. The molecule has 3 aliphatic carbocycles. The van der Waals surface area contributed by atoms with Gasteiger partial charge < -0.3 is 5.11 Å². The molecule has 3 saturated carbocycles. The zero-order valence-electron chi connectivity index (χ0n) is 15.4. The monoisotopic (exact) mass is 320 g/mol. The Morgan fingerprint density at radius 1 is 0.478 bits per heavy atom.